The number of pyridine rings is 1. The summed E-state index contributed by atoms with van der Waals surface area (Å²) in [6.45, 7) is 10.2. The van der Waals surface area contributed by atoms with E-state index in [9.17, 15) is 4.79 Å². The van der Waals surface area contributed by atoms with E-state index in [0.717, 1.165) is 16.6 Å². The Morgan fingerprint density at radius 1 is 1.15 bits per heavy atom. The van der Waals surface area contributed by atoms with Gasteiger partial charge < -0.3 is 13.7 Å². The molecular formula is C22H22N2O2. The van der Waals surface area contributed by atoms with Crippen LogP contribution < -0.4 is 0 Å². The number of benzene rings is 1. The first-order chi connectivity index (χ1) is 12.4. The van der Waals surface area contributed by atoms with Crippen molar-refractivity contribution in [1.29, 1.82) is 0 Å². The van der Waals surface area contributed by atoms with Crippen LogP contribution in [0.25, 0.3) is 27.3 Å². The van der Waals surface area contributed by atoms with E-state index in [1.807, 2.05) is 55.8 Å². The molecule has 0 N–H and O–H groups in total. The number of carbonyl (C=O) groups is 1. The first-order valence-corrected chi connectivity index (χ1v) is 8.75. The third kappa shape index (κ3) is 2.58. The molecule has 0 saturated carbocycles. The van der Waals surface area contributed by atoms with Crippen LogP contribution in [0.2, 0.25) is 0 Å². The summed E-state index contributed by atoms with van der Waals surface area (Å²) in [5.41, 5.74) is 3.29. The van der Waals surface area contributed by atoms with E-state index in [2.05, 4.69) is 35.4 Å². The van der Waals surface area contributed by atoms with Gasteiger partial charge in [0.1, 0.15) is 5.60 Å². The zero-order valence-corrected chi connectivity index (χ0v) is 15.3. The highest BCUT2D eigenvalue weighted by Gasteiger charge is 2.20. The molecule has 3 aromatic heterocycles. The minimum absolute atomic E-state index is 0.305. The van der Waals surface area contributed by atoms with Gasteiger partial charge in [-0.3, -0.25) is 0 Å². The number of fused-ring (bicyclic) bond motifs is 5. The molecule has 0 aliphatic heterocycles. The van der Waals surface area contributed by atoms with Gasteiger partial charge >= 0.3 is 5.97 Å². The minimum Gasteiger partial charge on any atom is -0.456 e. The lowest BCUT2D eigenvalue weighted by atomic mass is 10.2. The van der Waals surface area contributed by atoms with Crippen molar-refractivity contribution in [2.24, 2.45) is 0 Å². The minimum atomic E-state index is -0.516. The highest BCUT2D eigenvalue weighted by atomic mass is 16.6. The highest BCUT2D eigenvalue weighted by molar-refractivity contribution is 6.13. The van der Waals surface area contributed by atoms with Crippen molar-refractivity contribution in [3.05, 3.63) is 67.0 Å². The lowest BCUT2D eigenvalue weighted by molar-refractivity contribution is 0.00697. The average molecular weight is 346 g/mol. The van der Waals surface area contributed by atoms with Gasteiger partial charge in [0, 0.05) is 35.2 Å². The van der Waals surface area contributed by atoms with Crippen LogP contribution in [0.15, 0.2) is 61.4 Å². The second-order valence-corrected chi connectivity index (χ2v) is 7.52. The van der Waals surface area contributed by atoms with E-state index in [-0.39, 0.29) is 5.97 Å². The predicted octanol–water partition coefficient (Wildman–Crippen LogP) is 5.19. The second kappa shape index (κ2) is 5.77. The standard InChI is InChI=1S/C22H22N2O2/c1-5-11-24-18-9-7-6-8-16(18)17-10-12-23-14-15(13-19(23)20(17)24)21(25)26-22(2,3)4/h5-10,12-14H,1,11H2,2-4H3. The van der Waals surface area contributed by atoms with E-state index < -0.39 is 5.60 Å². The maximum atomic E-state index is 12.5. The largest absolute Gasteiger partial charge is 0.456 e. The van der Waals surface area contributed by atoms with E-state index in [4.69, 9.17) is 4.74 Å². The molecule has 0 bridgehead atoms. The normalized spacial score (nSPS) is 12.1. The third-order valence-corrected chi connectivity index (χ3v) is 4.45. The summed E-state index contributed by atoms with van der Waals surface area (Å²) in [6.07, 6.45) is 5.72. The van der Waals surface area contributed by atoms with Crippen molar-refractivity contribution in [3.8, 4) is 0 Å². The molecule has 0 unspecified atom stereocenters. The SMILES string of the molecule is C=CCn1c2ccccc2c2ccn3cc(C(=O)OC(C)(C)C)cc3c21. The molecule has 0 aliphatic rings. The van der Waals surface area contributed by atoms with Gasteiger partial charge in [0.15, 0.2) is 0 Å². The van der Waals surface area contributed by atoms with Crippen LogP contribution in [-0.4, -0.2) is 20.5 Å². The number of allylic oxidation sites excluding steroid dienone is 1. The Hall–Kier alpha value is -3.01. The monoisotopic (exact) mass is 346 g/mol. The number of ether oxygens (including phenoxy) is 1. The summed E-state index contributed by atoms with van der Waals surface area (Å²) in [5.74, 6) is -0.305. The molecule has 0 atom stereocenters. The van der Waals surface area contributed by atoms with Gasteiger partial charge in [-0.1, -0.05) is 24.3 Å². The van der Waals surface area contributed by atoms with Crippen LogP contribution in [0.5, 0.6) is 0 Å². The first kappa shape index (κ1) is 16.5. The molecule has 1 aromatic carbocycles. The second-order valence-electron chi connectivity index (χ2n) is 7.52. The van der Waals surface area contributed by atoms with Crippen molar-refractivity contribution < 1.29 is 9.53 Å². The molecule has 0 fully saturated rings. The van der Waals surface area contributed by atoms with Crippen molar-refractivity contribution in [1.82, 2.24) is 8.97 Å². The number of nitrogens with zero attached hydrogens (tertiary/aromatic N) is 2. The fourth-order valence-corrected chi connectivity index (χ4v) is 3.49. The summed E-state index contributed by atoms with van der Waals surface area (Å²) in [7, 11) is 0. The van der Waals surface area contributed by atoms with Crippen LogP contribution in [0.1, 0.15) is 31.1 Å². The molecule has 132 valence electrons. The number of esters is 1. The van der Waals surface area contributed by atoms with Crippen LogP contribution in [0.4, 0.5) is 0 Å². The van der Waals surface area contributed by atoms with Gasteiger partial charge in [0.05, 0.1) is 16.6 Å². The quantitative estimate of drug-likeness (QED) is 0.378. The lowest BCUT2D eigenvalue weighted by Crippen LogP contribution is -2.23. The van der Waals surface area contributed by atoms with Crippen molar-refractivity contribution in [3.63, 3.8) is 0 Å². The molecule has 0 aliphatic carbocycles. The van der Waals surface area contributed by atoms with Crippen molar-refractivity contribution >= 4 is 33.3 Å². The van der Waals surface area contributed by atoms with E-state index in [0.29, 0.717) is 12.1 Å². The summed E-state index contributed by atoms with van der Waals surface area (Å²) >= 11 is 0. The Balaban J connectivity index is 2.00. The Morgan fingerprint density at radius 3 is 2.65 bits per heavy atom. The Kier molecular flexibility index (Phi) is 3.65. The van der Waals surface area contributed by atoms with Crippen molar-refractivity contribution in [2.45, 2.75) is 32.9 Å². The molecule has 0 saturated heterocycles. The topological polar surface area (TPSA) is 35.6 Å². The van der Waals surface area contributed by atoms with Crippen LogP contribution in [0, 0.1) is 0 Å². The van der Waals surface area contributed by atoms with E-state index in [1.165, 1.54) is 10.8 Å². The third-order valence-electron chi connectivity index (χ3n) is 4.45. The maximum absolute atomic E-state index is 12.5. The summed E-state index contributed by atoms with van der Waals surface area (Å²) < 4.78 is 9.75. The summed E-state index contributed by atoms with van der Waals surface area (Å²) in [4.78, 5) is 12.5. The number of hydrogen-bond acceptors (Lipinski definition) is 2. The number of rotatable bonds is 3. The number of carbonyl (C=O) groups excluding carboxylic acids is 1. The molecule has 4 heteroatoms. The molecular weight excluding hydrogens is 324 g/mol. The van der Waals surface area contributed by atoms with Gasteiger partial charge in [-0.15, -0.1) is 6.58 Å². The molecule has 4 rings (SSSR count). The fourth-order valence-electron chi connectivity index (χ4n) is 3.49. The Bertz CT molecular complexity index is 1160. The zero-order chi connectivity index (χ0) is 18.5. The number of para-hydroxylation sites is 1. The molecule has 0 spiro atoms. The first-order valence-electron chi connectivity index (χ1n) is 8.75. The number of hydrogen-bond donors (Lipinski definition) is 0. The molecule has 4 aromatic rings. The molecule has 4 nitrogen and oxygen atoms in total. The van der Waals surface area contributed by atoms with Gasteiger partial charge in [0.2, 0.25) is 0 Å². The van der Waals surface area contributed by atoms with E-state index in [1.54, 1.807) is 0 Å². The smallest absolute Gasteiger partial charge is 0.340 e. The highest BCUT2D eigenvalue weighted by Crippen LogP contribution is 2.32. The van der Waals surface area contributed by atoms with Gasteiger partial charge in [-0.2, -0.15) is 0 Å². The lowest BCUT2D eigenvalue weighted by Gasteiger charge is -2.18. The molecule has 0 amide bonds. The van der Waals surface area contributed by atoms with Gasteiger partial charge in [0.25, 0.3) is 0 Å². The average Bonchev–Trinajstić information content (AvgIpc) is 3.14. The Morgan fingerprint density at radius 2 is 1.92 bits per heavy atom. The zero-order valence-electron chi connectivity index (χ0n) is 15.3. The van der Waals surface area contributed by atoms with Crippen LogP contribution in [-0.2, 0) is 11.3 Å². The fraction of sp³-hybridized carbons (Fsp3) is 0.227. The number of aromatic nitrogens is 2. The molecule has 0 radical (unpaired) electrons. The molecule has 26 heavy (non-hydrogen) atoms. The predicted molar refractivity (Wildman–Crippen MR) is 106 cm³/mol. The van der Waals surface area contributed by atoms with Crippen molar-refractivity contribution in [2.75, 3.05) is 0 Å². The maximum Gasteiger partial charge on any atom is 0.340 e. The van der Waals surface area contributed by atoms with Crippen LogP contribution >= 0.6 is 0 Å². The van der Waals surface area contributed by atoms with Crippen LogP contribution in [0.3, 0.4) is 0 Å². The summed E-state index contributed by atoms with van der Waals surface area (Å²) in [6, 6.07) is 12.4. The van der Waals surface area contributed by atoms with Gasteiger partial charge in [-0.25, -0.2) is 4.79 Å². The van der Waals surface area contributed by atoms with E-state index >= 15 is 0 Å². The summed E-state index contributed by atoms with van der Waals surface area (Å²) in [5, 5.41) is 2.37. The Labute approximate surface area is 152 Å². The molecule has 3 heterocycles. The van der Waals surface area contributed by atoms with Gasteiger partial charge in [-0.05, 0) is 39.0 Å².